The van der Waals surface area contributed by atoms with E-state index in [9.17, 15) is 23.1 Å². The van der Waals surface area contributed by atoms with Gasteiger partial charge in [-0.25, -0.2) is 4.79 Å². The van der Waals surface area contributed by atoms with E-state index >= 15 is 0 Å². The number of fused-ring (bicyclic) bond motifs is 1. The van der Waals surface area contributed by atoms with Gasteiger partial charge in [-0.3, -0.25) is 0 Å². The fraction of sp³-hybridized carbons (Fsp3) is 0.320. The Balaban J connectivity index is 1.47. The van der Waals surface area contributed by atoms with Crippen LogP contribution in [0.1, 0.15) is 34.5 Å². The first-order valence-electron chi connectivity index (χ1n) is 10.8. The summed E-state index contributed by atoms with van der Waals surface area (Å²) in [6.45, 7) is 3.65. The van der Waals surface area contributed by atoms with Crippen molar-refractivity contribution in [2.75, 3.05) is 31.1 Å². The van der Waals surface area contributed by atoms with Crippen molar-refractivity contribution in [3.63, 3.8) is 0 Å². The van der Waals surface area contributed by atoms with Gasteiger partial charge in [0.15, 0.2) is 0 Å². The number of carboxylic acids is 1. The molecule has 2 N–H and O–H groups in total. The number of hydrogen-bond donors (Lipinski definition) is 2. The van der Waals surface area contributed by atoms with Crippen LogP contribution in [0.2, 0.25) is 0 Å². The van der Waals surface area contributed by atoms with Gasteiger partial charge in [0, 0.05) is 31.4 Å². The maximum atomic E-state index is 13.3. The van der Waals surface area contributed by atoms with Gasteiger partial charge in [-0.1, -0.05) is 42.5 Å². The fourth-order valence-corrected chi connectivity index (χ4v) is 4.20. The fourth-order valence-electron chi connectivity index (χ4n) is 4.20. The van der Waals surface area contributed by atoms with E-state index in [1.807, 2.05) is 18.2 Å². The summed E-state index contributed by atoms with van der Waals surface area (Å²) in [7, 11) is 0. The summed E-state index contributed by atoms with van der Waals surface area (Å²) in [5.74, 6) is -1.39. The Kier molecular flexibility index (Phi) is 6.58. The SMILES string of the molecule is CC(NC[C@H]1CN(c2cc(C(=O)O)cc(C(F)(F)F)c2)CCO1)c1cccc2ccccc12. The molecule has 0 amide bonds. The third-order valence-electron chi connectivity index (χ3n) is 5.94. The number of ether oxygens (including phenoxy) is 1. The van der Waals surface area contributed by atoms with Crippen molar-refractivity contribution in [2.45, 2.75) is 25.2 Å². The minimum absolute atomic E-state index is 0.0437. The van der Waals surface area contributed by atoms with Gasteiger partial charge >= 0.3 is 12.1 Å². The third kappa shape index (κ3) is 5.29. The first-order chi connectivity index (χ1) is 15.7. The maximum absolute atomic E-state index is 13.3. The zero-order valence-corrected chi connectivity index (χ0v) is 18.1. The molecule has 0 saturated carbocycles. The lowest BCUT2D eigenvalue weighted by molar-refractivity contribution is -0.137. The molecule has 1 aliphatic heterocycles. The molecule has 1 unspecified atom stereocenters. The van der Waals surface area contributed by atoms with Crippen molar-refractivity contribution >= 4 is 22.4 Å². The molecule has 33 heavy (non-hydrogen) atoms. The molecule has 174 valence electrons. The van der Waals surface area contributed by atoms with Crippen LogP contribution in [0.25, 0.3) is 10.8 Å². The van der Waals surface area contributed by atoms with Crippen LogP contribution >= 0.6 is 0 Å². The second kappa shape index (κ2) is 9.41. The van der Waals surface area contributed by atoms with E-state index in [1.54, 1.807) is 4.90 Å². The summed E-state index contributed by atoms with van der Waals surface area (Å²) in [5.41, 5.74) is 0.0380. The van der Waals surface area contributed by atoms with Crippen LogP contribution in [0.15, 0.2) is 60.7 Å². The van der Waals surface area contributed by atoms with Gasteiger partial charge in [-0.15, -0.1) is 0 Å². The van der Waals surface area contributed by atoms with E-state index in [2.05, 4.69) is 36.5 Å². The highest BCUT2D eigenvalue weighted by molar-refractivity contribution is 5.89. The quantitative estimate of drug-likeness (QED) is 0.537. The van der Waals surface area contributed by atoms with Gasteiger partial charge in [0.25, 0.3) is 0 Å². The number of nitrogens with zero attached hydrogens (tertiary/aromatic N) is 1. The summed E-state index contributed by atoms with van der Waals surface area (Å²) >= 11 is 0. The minimum Gasteiger partial charge on any atom is -0.478 e. The summed E-state index contributed by atoms with van der Waals surface area (Å²) in [6.07, 6.45) is -4.87. The number of nitrogens with one attached hydrogen (secondary N) is 1. The predicted octanol–water partition coefficient (Wildman–Crippen LogP) is 5.11. The van der Waals surface area contributed by atoms with Gasteiger partial charge < -0.3 is 20.1 Å². The van der Waals surface area contributed by atoms with Gasteiger partial charge in [0.1, 0.15) is 0 Å². The average Bonchev–Trinajstić information content (AvgIpc) is 2.81. The van der Waals surface area contributed by atoms with Crippen molar-refractivity contribution in [1.82, 2.24) is 5.32 Å². The van der Waals surface area contributed by atoms with Crippen LogP contribution in [0.3, 0.4) is 0 Å². The lowest BCUT2D eigenvalue weighted by atomic mass is 9.99. The summed E-state index contributed by atoms with van der Waals surface area (Å²) < 4.78 is 45.7. The first kappa shape index (κ1) is 23.1. The number of morpholine rings is 1. The zero-order chi connectivity index (χ0) is 23.6. The Bertz CT molecular complexity index is 1140. The highest BCUT2D eigenvalue weighted by Gasteiger charge is 2.33. The molecule has 2 atom stereocenters. The van der Waals surface area contributed by atoms with Crippen molar-refractivity contribution in [1.29, 1.82) is 0 Å². The number of aromatic carboxylic acids is 1. The smallest absolute Gasteiger partial charge is 0.416 e. The summed E-state index contributed by atoms with van der Waals surface area (Å²) in [6, 6.07) is 17.3. The highest BCUT2D eigenvalue weighted by atomic mass is 19.4. The molecule has 3 aromatic carbocycles. The molecule has 0 aromatic heterocycles. The lowest BCUT2D eigenvalue weighted by Crippen LogP contribution is -2.47. The Morgan fingerprint density at radius 3 is 2.70 bits per heavy atom. The van der Waals surface area contributed by atoms with E-state index in [-0.39, 0.29) is 23.4 Å². The van der Waals surface area contributed by atoms with Crippen LogP contribution in [-0.4, -0.2) is 43.4 Å². The number of carboxylic acid groups (broad SMARTS) is 1. The van der Waals surface area contributed by atoms with Crippen LogP contribution in [0.4, 0.5) is 18.9 Å². The van der Waals surface area contributed by atoms with Crippen molar-refractivity contribution in [3.05, 3.63) is 77.4 Å². The Hall–Kier alpha value is -3.10. The van der Waals surface area contributed by atoms with Gasteiger partial charge in [0.2, 0.25) is 0 Å². The number of anilines is 1. The molecular weight excluding hydrogens is 433 g/mol. The molecule has 1 saturated heterocycles. The summed E-state index contributed by atoms with van der Waals surface area (Å²) in [4.78, 5) is 13.1. The standard InChI is InChI=1S/C25H25F3N2O3/c1-16(22-8-4-6-17-5-2-3-7-23(17)22)29-14-21-15-30(9-10-33-21)20-12-18(24(31)32)11-19(13-20)25(26,27)28/h2-8,11-13,16,21,29H,9-10,14-15H2,1H3,(H,31,32)/t16?,21-/m0/s1. The molecule has 3 aromatic rings. The Morgan fingerprint density at radius 1 is 1.18 bits per heavy atom. The van der Waals surface area contributed by atoms with Crippen LogP contribution in [0.5, 0.6) is 0 Å². The number of halogens is 3. The van der Waals surface area contributed by atoms with Crippen LogP contribution < -0.4 is 10.2 Å². The number of rotatable bonds is 6. The van der Waals surface area contributed by atoms with Crippen molar-refractivity contribution in [3.8, 4) is 0 Å². The third-order valence-corrected chi connectivity index (χ3v) is 5.94. The molecule has 1 aliphatic rings. The van der Waals surface area contributed by atoms with Gasteiger partial charge in [-0.05, 0) is 41.5 Å². The zero-order valence-electron chi connectivity index (χ0n) is 18.1. The molecule has 4 rings (SSSR count). The van der Waals surface area contributed by atoms with E-state index in [4.69, 9.17) is 4.74 Å². The number of hydrogen-bond acceptors (Lipinski definition) is 4. The van der Waals surface area contributed by atoms with Gasteiger partial charge in [0.05, 0.1) is 23.8 Å². The normalized spacial score (nSPS) is 17.8. The maximum Gasteiger partial charge on any atom is 0.416 e. The molecule has 0 spiro atoms. The highest BCUT2D eigenvalue weighted by Crippen LogP contribution is 2.33. The molecule has 5 nitrogen and oxygen atoms in total. The predicted molar refractivity (Wildman–Crippen MR) is 121 cm³/mol. The number of alkyl halides is 3. The Labute approximate surface area is 189 Å². The van der Waals surface area contributed by atoms with E-state index in [0.717, 1.165) is 22.4 Å². The topological polar surface area (TPSA) is 61.8 Å². The van der Waals surface area contributed by atoms with E-state index in [0.29, 0.717) is 32.3 Å². The van der Waals surface area contributed by atoms with Crippen molar-refractivity contribution < 1.29 is 27.8 Å². The molecule has 1 heterocycles. The van der Waals surface area contributed by atoms with E-state index < -0.39 is 17.7 Å². The summed E-state index contributed by atoms with van der Waals surface area (Å²) in [5, 5.41) is 15.0. The van der Waals surface area contributed by atoms with Crippen LogP contribution in [-0.2, 0) is 10.9 Å². The lowest BCUT2D eigenvalue weighted by Gasteiger charge is -2.35. The molecule has 8 heteroatoms. The molecule has 0 radical (unpaired) electrons. The van der Waals surface area contributed by atoms with Crippen LogP contribution in [0, 0.1) is 0 Å². The van der Waals surface area contributed by atoms with E-state index in [1.165, 1.54) is 6.07 Å². The molecular formula is C25H25F3N2O3. The monoisotopic (exact) mass is 458 g/mol. The molecule has 0 aliphatic carbocycles. The average molecular weight is 458 g/mol. The second-order valence-electron chi connectivity index (χ2n) is 8.21. The van der Waals surface area contributed by atoms with Gasteiger partial charge in [-0.2, -0.15) is 13.2 Å². The number of benzene rings is 3. The first-order valence-corrected chi connectivity index (χ1v) is 10.8. The molecule has 1 fully saturated rings. The van der Waals surface area contributed by atoms with Crippen molar-refractivity contribution in [2.24, 2.45) is 0 Å². The second-order valence-corrected chi connectivity index (χ2v) is 8.21. The Morgan fingerprint density at radius 2 is 1.94 bits per heavy atom. The number of carbonyl (C=O) groups is 1. The largest absolute Gasteiger partial charge is 0.478 e. The minimum atomic E-state index is -4.62. The molecule has 0 bridgehead atoms.